The third kappa shape index (κ3) is 2.07. The lowest BCUT2D eigenvalue weighted by molar-refractivity contribution is 0.0983. The zero-order chi connectivity index (χ0) is 14.7. The number of carbonyl (C=O) groups is 1. The lowest BCUT2D eigenvalue weighted by Gasteiger charge is -2.26. The van der Waals surface area contributed by atoms with Gasteiger partial charge in [0.05, 0.1) is 9.64 Å². The van der Waals surface area contributed by atoms with E-state index >= 15 is 0 Å². The summed E-state index contributed by atoms with van der Waals surface area (Å²) in [6.45, 7) is 1.18. The molecule has 0 aromatic heterocycles. The van der Waals surface area contributed by atoms with Gasteiger partial charge < -0.3 is 0 Å². The van der Waals surface area contributed by atoms with Crippen LogP contribution < -0.4 is 0 Å². The van der Waals surface area contributed by atoms with Gasteiger partial charge in [-0.3, -0.25) is 4.79 Å². The number of carbonyl (C=O) groups excluding carboxylic acids is 1. The van der Waals surface area contributed by atoms with E-state index in [1.807, 2.05) is 6.07 Å². The first-order valence-corrected chi connectivity index (χ1v) is 9.67. The van der Waals surface area contributed by atoms with Crippen LogP contribution in [0.3, 0.4) is 0 Å². The molecule has 0 bridgehead atoms. The quantitative estimate of drug-likeness (QED) is 0.840. The summed E-state index contributed by atoms with van der Waals surface area (Å²) in [6, 6.07) is 5.06. The summed E-state index contributed by atoms with van der Waals surface area (Å²) < 4.78 is 26.7. The minimum atomic E-state index is -3.45. The van der Waals surface area contributed by atoms with Crippen molar-refractivity contribution in [3.63, 3.8) is 0 Å². The molecular weight excluding hydrogens is 306 g/mol. The molecule has 3 aliphatic rings. The Bertz CT molecular complexity index is 716. The van der Waals surface area contributed by atoms with Crippen LogP contribution in [0.4, 0.5) is 0 Å². The number of hydrogen-bond donors (Lipinski definition) is 0. The van der Waals surface area contributed by atoms with Crippen molar-refractivity contribution in [2.45, 2.75) is 46.6 Å². The van der Waals surface area contributed by atoms with Crippen molar-refractivity contribution < 1.29 is 13.2 Å². The molecule has 1 spiro atoms. The zero-order valence-electron chi connectivity index (χ0n) is 11.7. The molecule has 0 N–H and O–H groups in total. The van der Waals surface area contributed by atoms with Gasteiger partial charge in [-0.25, -0.2) is 8.42 Å². The number of thioether (sulfide) groups is 1. The van der Waals surface area contributed by atoms with Gasteiger partial charge in [0, 0.05) is 23.5 Å². The van der Waals surface area contributed by atoms with Crippen molar-refractivity contribution in [3.8, 4) is 0 Å². The van der Waals surface area contributed by atoms with Crippen LogP contribution in [0, 0.1) is 0 Å². The number of Topliss-reactive ketones (excluding diaryl/α,β-unsaturated/α-hetero) is 1. The summed E-state index contributed by atoms with van der Waals surface area (Å²) in [7, 11) is -3.45. The topological polar surface area (TPSA) is 54.5 Å². The molecule has 0 atom stereocenters. The van der Waals surface area contributed by atoms with E-state index in [1.165, 1.54) is 0 Å². The Morgan fingerprint density at radius 2 is 1.81 bits per heavy atom. The van der Waals surface area contributed by atoms with Gasteiger partial charge in [0.2, 0.25) is 10.0 Å². The summed E-state index contributed by atoms with van der Waals surface area (Å²) >= 11 is 1.61. The first-order valence-electron chi connectivity index (χ1n) is 7.41. The van der Waals surface area contributed by atoms with E-state index in [0.717, 1.165) is 37.0 Å². The molecule has 1 aromatic rings. The highest BCUT2D eigenvalue weighted by Crippen LogP contribution is 2.59. The Balaban J connectivity index is 1.71. The number of sulfonamides is 1. The second kappa shape index (κ2) is 4.57. The fourth-order valence-corrected chi connectivity index (χ4v) is 6.01. The fourth-order valence-electron chi connectivity index (χ4n) is 3.14. The van der Waals surface area contributed by atoms with E-state index in [1.54, 1.807) is 28.2 Å². The van der Waals surface area contributed by atoms with Crippen LogP contribution >= 0.6 is 11.8 Å². The predicted molar refractivity (Wildman–Crippen MR) is 81.2 cm³/mol. The highest BCUT2D eigenvalue weighted by molar-refractivity contribution is 8.02. The fraction of sp³-hybridized carbons (Fsp3) is 0.533. The van der Waals surface area contributed by atoms with E-state index in [4.69, 9.17) is 0 Å². The average Bonchev–Trinajstić information content (AvgIpc) is 3.22. The minimum absolute atomic E-state index is 0.123. The van der Waals surface area contributed by atoms with E-state index in [-0.39, 0.29) is 15.4 Å². The van der Waals surface area contributed by atoms with Crippen LogP contribution in [0.25, 0.3) is 0 Å². The lowest BCUT2D eigenvalue weighted by atomic mass is 10.1. The van der Waals surface area contributed by atoms with Gasteiger partial charge in [-0.1, -0.05) is 6.42 Å². The third-order valence-corrected chi connectivity index (χ3v) is 8.03. The summed E-state index contributed by atoms with van der Waals surface area (Å²) in [5, 5.41) is 0. The Hall–Kier alpha value is -0.850. The molecule has 0 radical (unpaired) electrons. The molecule has 0 unspecified atom stereocenters. The Labute approximate surface area is 129 Å². The summed E-state index contributed by atoms with van der Waals surface area (Å²) in [4.78, 5) is 13.6. The van der Waals surface area contributed by atoms with Gasteiger partial charge in [-0.2, -0.15) is 4.31 Å². The largest absolute Gasteiger partial charge is 0.293 e. The highest BCUT2D eigenvalue weighted by atomic mass is 32.2. The number of fused-ring (bicyclic) bond motifs is 1. The third-order valence-electron chi connectivity index (χ3n) is 4.57. The molecule has 4 rings (SSSR count). The Morgan fingerprint density at radius 1 is 1.10 bits per heavy atom. The lowest BCUT2D eigenvalue weighted by Crippen LogP contribution is -2.35. The molecule has 1 saturated carbocycles. The standard InChI is InChI=1S/C15H17NO3S2/c17-14-12-10-11(4-5-13(12)20-15(14)6-7-15)21(18,19)16-8-2-1-3-9-16/h4-5,10H,1-3,6-9H2. The Kier molecular flexibility index (Phi) is 3.00. The maximum atomic E-state index is 12.7. The number of rotatable bonds is 2. The SMILES string of the molecule is O=C1c2cc(S(=O)(=O)N3CCCCC3)ccc2SC12CC2. The van der Waals surface area contributed by atoms with Crippen LogP contribution in [0.15, 0.2) is 28.0 Å². The first kappa shape index (κ1) is 13.8. The number of benzene rings is 1. The van der Waals surface area contributed by atoms with E-state index in [0.29, 0.717) is 18.7 Å². The van der Waals surface area contributed by atoms with Crippen molar-refractivity contribution in [3.05, 3.63) is 23.8 Å². The van der Waals surface area contributed by atoms with Crippen molar-refractivity contribution in [1.29, 1.82) is 0 Å². The molecule has 1 aliphatic carbocycles. The Morgan fingerprint density at radius 3 is 2.48 bits per heavy atom. The average molecular weight is 323 g/mol. The maximum absolute atomic E-state index is 12.7. The van der Waals surface area contributed by atoms with Gasteiger partial charge in [-0.15, -0.1) is 11.8 Å². The molecule has 21 heavy (non-hydrogen) atoms. The second-order valence-corrected chi connectivity index (χ2v) is 9.41. The van der Waals surface area contributed by atoms with Crippen LogP contribution in [0.1, 0.15) is 42.5 Å². The summed E-state index contributed by atoms with van der Waals surface area (Å²) in [6.07, 6.45) is 4.76. The minimum Gasteiger partial charge on any atom is -0.293 e. The smallest absolute Gasteiger partial charge is 0.243 e. The number of hydrogen-bond acceptors (Lipinski definition) is 4. The van der Waals surface area contributed by atoms with E-state index < -0.39 is 10.0 Å². The van der Waals surface area contributed by atoms with Crippen LogP contribution in [0.2, 0.25) is 0 Å². The molecule has 1 aromatic carbocycles. The monoisotopic (exact) mass is 323 g/mol. The molecule has 2 aliphatic heterocycles. The molecule has 112 valence electrons. The maximum Gasteiger partial charge on any atom is 0.243 e. The van der Waals surface area contributed by atoms with Crippen LogP contribution in [-0.2, 0) is 10.0 Å². The van der Waals surface area contributed by atoms with Crippen molar-refractivity contribution in [1.82, 2.24) is 4.31 Å². The van der Waals surface area contributed by atoms with E-state index in [2.05, 4.69) is 0 Å². The second-order valence-electron chi connectivity index (χ2n) is 6.05. The van der Waals surface area contributed by atoms with Gasteiger partial charge in [-0.05, 0) is 43.9 Å². The molecule has 2 heterocycles. The normalized spacial score (nSPS) is 24.3. The zero-order valence-corrected chi connectivity index (χ0v) is 13.3. The van der Waals surface area contributed by atoms with Gasteiger partial charge >= 0.3 is 0 Å². The van der Waals surface area contributed by atoms with Crippen molar-refractivity contribution in [2.75, 3.05) is 13.1 Å². The van der Waals surface area contributed by atoms with Gasteiger partial charge in [0.1, 0.15) is 0 Å². The van der Waals surface area contributed by atoms with Gasteiger partial charge in [0.25, 0.3) is 0 Å². The molecule has 4 nitrogen and oxygen atoms in total. The molecule has 2 fully saturated rings. The molecular formula is C15H17NO3S2. The number of nitrogens with zero attached hydrogens (tertiary/aromatic N) is 1. The van der Waals surface area contributed by atoms with E-state index in [9.17, 15) is 13.2 Å². The molecule has 1 saturated heterocycles. The number of piperidine rings is 1. The molecule has 6 heteroatoms. The van der Waals surface area contributed by atoms with Gasteiger partial charge in [0.15, 0.2) is 5.78 Å². The van der Waals surface area contributed by atoms with Crippen molar-refractivity contribution in [2.24, 2.45) is 0 Å². The summed E-state index contributed by atoms with van der Waals surface area (Å²) in [5.74, 6) is 0.123. The predicted octanol–water partition coefficient (Wildman–Crippen LogP) is 2.68. The summed E-state index contributed by atoms with van der Waals surface area (Å²) in [5.41, 5.74) is 0.607. The van der Waals surface area contributed by atoms with Crippen LogP contribution in [-0.4, -0.2) is 36.3 Å². The van der Waals surface area contributed by atoms with Crippen molar-refractivity contribution >= 4 is 27.6 Å². The van der Waals surface area contributed by atoms with Crippen LogP contribution in [0.5, 0.6) is 0 Å². The first-order chi connectivity index (χ1) is 10.0. The number of ketones is 1. The highest BCUT2D eigenvalue weighted by Gasteiger charge is 2.55. The molecule has 0 amide bonds.